The monoisotopic (exact) mass is 245 g/mol. The van der Waals surface area contributed by atoms with E-state index >= 15 is 0 Å². The molecule has 1 saturated heterocycles. The molecule has 0 aromatic heterocycles. The van der Waals surface area contributed by atoms with Crippen molar-refractivity contribution in [2.75, 3.05) is 13.1 Å². The molecule has 2 aliphatic rings. The van der Waals surface area contributed by atoms with Crippen molar-refractivity contribution in [1.29, 1.82) is 0 Å². The first-order valence-electron chi connectivity index (χ1n) is 7.14. The van der Waals surface area contributed by atoms with Crippen LogP contribution in [0.15, 0.2) is 24.3 Å². The van der Waals surface area contributed by atoms with Crippen LogP contribution in [-0.4, -0.2) is 19.2 Å². The highest BCUT2D eigenvalue weighted by atomic mass is 16.5. The Morgan fingerprint density at radius 1 is 1.22 bits per heavy atom. The predicted molar refractivity (Wildman–Crippen MR) is 74.1 cm³/mol. The standard InChI is InChI=1S/C16H23NO/c1-12(2)18-15-5-3-13(4-6-15)14-7-8-16(9-14)10-17-11-16/h3-6,12,14,17H,7-11H2,1-2H3. The summed E-state index contributed by atoms with van der Waals surface area (Å²) in [4.78, 5) is 0. The van der Waals surface area contributed by atoms with E-state index in [9.17, 15) is 0 Å². The maximum atomic E-state index is 5.70. The van der Waals surface area contributed by atoms with Gasteiger partial charge in [-0.25, -0.2) is 0 Å². The van der Waals surface area contributed by atoms with Gasteiger partial charge < -0.3 is 10.1 Å². The molecule has 1 aromatic carbocycles. The second-order valence-electron chi connectivity index (χ2n) is 6.28. The number of rotatable bonds is 3. The summed E-state index contributed by atoms with van der Waals surface area (Å²) in [5, 5.41) is 3.43. The van der Waals surface area contributed by atoms with Gasteiger partial charge in [0.15, 0.2) is 0 Å². The van der Waals surface area contributed by atoms with Gasteiger partial charge in [0.05, 0.1) is 6.10 Å². The Kier molecular flexibility index (Phi) is 3.06. The van der Waals surface area contributed by atoms with Crippen LogP contribution >= 0.6 is 0 Å². The molecule has 2 nitrogen and oxygen atoms in total. The molecule has 0 bridgehead atoms. The maximum absolute atomic E-state index is 5.70. The van der Waals surface area contributed by atoms with Crippen molar-refractivity contribution in [3.05, 3.63) is 29.8 Å². The average molecular weight is 245 g/mol. The Bertz CT molecular complexity index is 406. The number of ether oxygens (including phenoxy) is 1. The van der Waals surface area contributed by atoms with Gasteiger partial charge in [-0.1, -0.05) is 12.1 Å². The lowest BCUT2D eigenvalue weighted by Crippen LogP contribution is -2.51. The molecule has 1 aliphatic heterocycles. The molecule has 1 heterocycles. The summed E-state index contributed by atoms with van der Waals surface area (Å²) in [7, 11) is 0. The maximum Gasteiger partial charge on any atom is 0.119 e. The lowest BCUT2D eigenvalue weighted by molar-refractivity contribution is 0.175. The number of nitrogens with one attached hydrogen (secondary N) is 1. The quantitative estimate of drug-likeness (QED) is 0.882. The molecule has 2 heteroatoms. The summed E-state index contributed by atoms with van der Waals surface area (Å²) in [5.41, 5.74) is 2.13. The van der Waals surface area contributed by atoms with Crippen molar-refractivity contribution in [1.82, 2.24) is 5.32 Å². The molecule has 0 radical (unpaired) electrons. The van der Waals surface area contributed by atoms with Crippen molar-refractivity contribution >= 4 is 0 Å². The number of benzene rings is 1. The Balaban J connectivity index is 1.66. The van der Waals surface area contributed by atoms with E-state index in [4.69, 9.17) is 4.74 Å². The van der Waals surface area contributed by atoms with E-state index in [1.54, 1.807) is 0 Å². The largest absolute Gasteiger partial charge is 0.491 e. The molecular weight excluding hydrogens is 222 g/mol. The van der Waals surface area contributed by atoms with Crippen molar-refractivity contribution in [2.45, 2.75) is 45.1 Å². The SMILES string of the molecule is CC(C)Oc1ccc(C2CCC3(CNC3)C2)cc1. The highest BCUT2D eigenvalue weighted by molar-refractivity contribution is 5.30. The molecular formula is C16H23NO. The van der Waals surface area contributed by atoms with Gasteiger partial charge in [-0.05, 0) is 62.1 Å². The zero-order chi connectivity index (χ0) is 12.6. The van der Waals surface area contributed by atoms with Crippen molar-refractivity contribution in [3.8, 4) is 5.75 Å². The molecule has 1 aromatic rings. The molecule has 98 valence electrons. The van der Waals surface area contributed by atoms with Crippen LogP contribution in [0.5, 0.6) is 5.75 Å². The molecule has 18 heavy (non-hydrogen) atoms. The smallest absolute Gasteiger partial charge is 0.119 e. The zero-order valence-corrected chi connectivity index (χ0v) is 11.4. The van der Waals surface area contributed by atoms with Gasteiger partial charge in [0, 0.05) is 13.1 Å². The van der Waals surface area contributed by atoms with Gasteiger partial charge in [-0.3, -0.25) is 0 Å². The summed E-state index contributed by atoms with van der Waals surface area (Å²) in [6.45, 7) is 6.60. The first-order valence-corrected chi connectivity index (χ1v) is 7.14. The summed E-state index contributed by atoms with van der Waals surface area (Å²) in [5.74, 6) is 1.76. The minimum absolute atomic E-state index is 0.256. The first kappa shape index (κ1) is 12.0. The van der Waals surface area contributed by atoms with E-state index in [-0.39, 0.29) is 6.10 Å². The van der Waals surface area contributed by atoms with Crippen LogP contribution in [0.2, 0.25) is 0 Å². The topological polar surface area (TPSA) is 21.3 Å². The summed E-state index contributed by atoms with van der Waals surface area (Å²) < 4.78 is 5.70. The lowest BCUT2D eigenvalue weighted by atomic mass is 9.79. The van der Waals surface area contributed by atoms with E-state index in [0.29, 0.717) is 5.41 Å². The van der Waals surface area contributed by atoms with Gasteiger partial charge in [-0.15, -0.1) is 0 Å². The van der Waals surface area contributed by atoms with E-state index in [2.05, 4.69) is 43.4 Å². The summed E-state index contributed by atoms with van der Waals surface area (Å²) in [6.07, 6.45) is 4.37. The van der Waals surface area contributed by atoms with Crippen LogP contribution in [0.3, 0.4) is 0 Å². The van der Waals surface area contributed by atoms with E-state index in [1.165, 1.54) is 37.9 Å². The van der Waals surface area contributed by atoms with Gasteiger partial charge in [0.25, 0.3) is 0 Å². The summed E-state index contributed by atoms with van der Waals surface area (Å²) >= 11 is 0. The van der Waals surface area contributed by atoms with Crippen molar-refractivity contribution in [3.63, 3.8) is 0 Å². The zero-order valence-electron chi connectivity index (χ0n) is 11.4. The molecule has 1 atom stereocenters. The van der Waals surface area contributed by atoms with Crippen LogP contribution in [0.1, 0.15) is 44.6 Å². The fraction of sp³-hybridized carbons (Fsp3) is 0.625. The molecule has 3 rings (SSSR count). The van der Waals surface area contributed by atoms with E-state index in [0.717, 1.165) is 11.7 Å². The van der Waals surface area contributed by atoms with Gasteiger partial charge in [-0.2, -0.15) is 0 Å². The molecule has 1 N–H and O–H groups in total. The molecule has 2 fully saturated rings. The van der Waals surface area contributed by atoms with Crippen LogP contribution in [0.4, 0.5) is 0 Å². The number of hydrogen-bond acceptors (Lipinski definition) is 2. The summed E-state index contributed by atoms with van der Waals surface area (Å²) in [6, 6.07) is 8.76. The molecule has 1 aliphatic carbocycles. The highest BCUT2D eigenvalue weighted by Gasteiger charge is 2.43. The Morgan fingerprint density at radius 2 is 1.94 bits per heavy atom. The third-order valence-electron chi connectivity index (χ3n) is 4.43. The van der Waals surface area contributed by atoms with Crippen LogP contribution in [0.25, 0.3) is 0 Å². The number of hydrogen-bond donors (Lipinski definition) is 1. The van der Waals surface area contributed by atoms with Crippen LogP contribution < -0.4 is 10.1 Å². The van der Waals surface area contributed by atoms with Crippen LogP contribution in [0, 0.1) is 5.41 Å². The average Bonchev–Trinajstić information content (AvgIpc) is 2.74. The minimum Gasteiger partial charge on any atom is -0.491 e. The predicted octanol–water partition coefficient (Wildman–Crippen LogP) is 3.33. The van der Waals surface area contributed by atoms with Gasteiger partial charge >= 0.3 is 0 Å². The lowest BCUT2D eigenvalue weighted by Gasteiger charge is -2.39. The third kappa shape index (κ3) is 2.26. The second-order valence-corrected chi connectivity index (χ2v) is 6.28. The van der Waals surface area contributed by atoms with Crippen molar-refractivity contribution < 1.29 is 4.74 Å². The molecule has 1 saturated carbocycles. The molecule has 1 spiro atoms. The van der Waals surface area contributed by atoms with E-state index in [1.807, 2.05) is 0 Å². The highest BCUT2D eigenvalue weighted by Crippen LogP contribution is 2.48. The van der Waals surface area contributed by atoms with E-state index < -0.39 is 0 Å². The minimum atomic E-state index is 0.256. The molecule has 0 amide bonds. The Labute approximate surface area is 110 Å². The van der Waals surface area contributed by atoms with Crippen molar-refractivity contribution in [2.24, 2.45) is 5.41 Å². The van der Waals surface area contributed by atoms with Crippen LogP contribution in [-0.2, 0) is 0 Å². The van der Waals surface area contributed by atoms with Gasteiger partial charge in [0.1, 0.15) is 5.75 Å². The Morgan fingerprint density at radius 3 is 2.44 bits per heavy atom. The normalized spacial score (nSPS) is 25.4. The van der Waals surface area contributed by atoms with Gasteiger partial charge in [0.2, 0.25) is 0 Å². The third-order valence-corrected chi connectivity index (χ3v) is 4.43. The molecule has 1 unspecified atom stereocenters. The fourth-order valence-corrected chi connectivity index (χ4v) is 3.38. The second kappa shape index (κ2) is 4.58. The first-order chi connectivity index (χ1) is 8.67. The Hall–Kier alpha value is -1.02. The fourth-order valence-electron chi connectivity index (χ4n) is 3.38.